The van der Waals surface area contributed by atoms with E-state index in [0.29, 0.717) is 0 Å². The average molecular weight is 289 g/mol. The highest BCUT2D eigenvalue weighted by Gasteiger charge is 2.16. The Balaban J connectivity index is 2.02. The van der Waals surface area contributed by atoms with Crippen LogP contribution in [0.3, 0.4) is 0 Å². The molecule has 1 unspecified atom stereocenters. The molecule has 2 aromatic heterocycles. The van der Waals surface area contributed by atoms with Crippen molar-refractivity contribution in [2.45, 2.75) is 19.5 Å². The van der Waals surface area contributed by atoms with Gasteiger partial charge in [0.2, 0.25) is 0 Å². The quantitative estimate of drug-likeness (QED) is 0.796. The summed E-state index contributed by atoms with van der Waals surface area (Å²) in [5, 5.41) is 8.71. The molecular formula is C15H16FN3S. The van der Waals surface area contributed by atoms with Crippen LogP contribution in [0.25, 0.3) is 10.1 Å². The molecule has 3 nitrogen and oxygen atoms in total. The molecule has 1 N–H and O–H groups in total. The maximum Gasteiger partial charge on any atom is 0.124 e. The van der Waals surface area contributed by atoms with Crippen LogP contribution >= 0.6 is 11.3 Å². The number of halogens is 1. The smallest absolute Gasteiger partial charge is 0.124 e. The van der Waals surface area contributed by atoms with Crippen LogP contribution in [-0.4, -0.2) is 16.8 Å². The Morgan fingerprint density at radius 1 is 1.40 bits per heavy atom. The van der Waals surface area contributed by atoms with E-state index in [1.165, 1.54) is 10.9 Å². The zero-order chi connectivity index (χ0) is 14.1. The fourth-order valence-corrected chi connectivity index (χ4v) is 3.57. The number of hydrogen-bond acceptors (Lipinski definition) is 3. The predicted molar refractivity (Wildman–Crippen MR) is 80.6 cm³/mol. The van der Waals surface area contributed by atoms with Crippen molar-refractivity contribution >= 4 is 21.4 Å². The van der Waals surface area contributed by atoms with Gasteiger partial charge in [-0.2, -0.15) is 5.10 Å². The van der Waals surface area contributed by atoms with Crippen LogP contribution < -0.4 is 5.32 Å². The van der Waals surface area contributed by atoms with Crippen LogP contribution in [-0.2, 0) is 6.54 Å². The van der Waals surface area contributed by atoms with E-state index in [0.717, 1.165) is 22.2 Å². The second-order valence-electron chi connectivity index (χ2n) is 4.68. The number of thiophene rings is 1. The van der Waals surface area contributed by atoms with Gasteiger partial charge in [-0.1, -0.05) is 6.07 Å². The molecular weight excluding hydrogens is 273 g/mol. The third kappa shape index (κ3) is 2.34. The molecule has 0 spiro atoms. The van der Waals surface area contributed by atoms with Crippen molar-refractivity contribution in [1.82, 2.24) is 15.1 Å². The van der Waals surface area contributed by atoms with Crippen LogP contribution in [0.1, 0.15) is 23.4 Å². The lowest BCUT2D eigenvalue weighted by molar-refractivity contribution is 0.630. The van der Waals surface area contributed by atoms with Gasteiger partial charge in [0.05, 0.1) is 12.2 Å². The van der Waals surface area contributed by atoms with Gasteiger partial charge in [-0.3, -0.25) is 4.68 Å². The highest BCUT2D eigenvalue weighted by Crippen LogP contribution is 2.33. The van der Waals surface area contributed by atoms with E-state index in [9.17, 15) is 4.39 Å². The largest absolute Gasteiger partial charge is 0.309 e. The van der Waals surface area contributed by atoms with Crippen molar-refractivity contribution in [2.24, 2.45) is 0 Å². The number of aryl methyl sites for hydroxylation is 1. The van der Waals surface area contributed by atoms with Crippen molar-refractivity contribution < 1.29 is 4.39 Å². The first kappa shape index (κ1) is 13.3. The first-order chi connectivity index (χ1) is 9.71. The molecule has 0 aliphatic heterocycles. The fraction of sp³-hybridized carbons (Fsp3) is 0.267. The molecule has 0 bridgehead atoms. The van der Waals surface area contributed by atoms with Gasteiger partial charge in [0.1, 0.15) is 5.82 Å². The highest BCUT2D eigenvalue weighted by molar-refractivity contribution is 7.19. The Kier molecular flexibility index (Phi) is 3.54. The number of hydrogen-bond donors (Lipinski definition) is 1. The molecule has 3 aromatic rings. The monoisotopic (exact) mass is 289 g/mol. The topological polar surface area (TPSA) is 29.9 Å². The molecule has 0 aliphatic rings. The molecule has 0 aliphatic carbocycles. The summed E-state index contributed by atoms with van der Waals surface area (Å²) in [7, 11) is 1.93. The summed E-state index contributed by atoms with van der Waals surface area (Å²) in [4.78, 5) is 1.17. The predicted octanol–water partition coefficient (Wildman–Crippen LogP) is 3.57. The summed E-state index contributed by atoms with van der Waals surface area (Å²) in [6.45, 7) is 2.92. The van der Waals surface area contributed by atoms with Crippen molar-refractivity contribution in [2.75, 3.05) is 7.05 Å². The van der Waals surface area contributed by atoms with E-state index >= 15 is 0 Å². The summed E-state index contributed by atoms with van der Waals surface area (Å²) in [5.74, 6) is -0.189. The average Bonchev–Trinajstić information content (AvgIpc) is 3.06. The number of fused-ring (bicyclic) bond motifs is 1. The maximum absolute atomic E-state index is 13.3. The van der Waals surface area contributed by atoms with Crippen molar-refractivity contribution in [3.8, 4) is 0 Å². The van der Waals surface area contributed by atoms with Gasteiger partial charge in [-0.05, 0) is 37.6 Å². The zero-order valence-corrected chi connectivity index (χ0v) is 12.2. The van der Waals surface area contributed by atoms with Crippen molar-refractivity contribution in [1.29, 1.82) is 0 Å². The van der Waals surface area contributed by atoms with Gasteiger partial charge < -0.3 is 5.32 Å². The summed E-state index contributed by atoms with van der Waals surface area (Å²) >= 11 is 1.62. The highest BCUT2D eigenvalue weighted by atomic mass is 32.1. The lowest BCUT2D eigenvalue weighted by atomic mass is 10.1. The van der Waals surface area contributed by atoms with E-state index in [2.05, 4.69) is 23.4 Å². The SMILES string of the molecule is CCn1cc(C(NC)c2cc3ccc(F)cc3s2)cn1. The normalized spacial score (nSPS) is 12.9. The zero-order valence-electron chi connectivity index (χ0n) is 11.4. The molecule has 1 atom stereocenters. The molecule has 20 heavy (non-hydrogen) atoms. The van der Waals surface area contributed by atoms with Crippen LogP contribution in [0.15, 0.2) is 36.7 Å². The molecule has 0 saturated heterocycles. The minimum atomic E-state index is -0.189. The summed E-state index contributed by atoms with van der Waals surface area (Å²) in [6, 6.07) is 7.13. The Morgan fingerprint density at radius 2 is 2.25 bits per heavy atom. The summed E-state index contributed by atoms with van der Waals surface area (Å²) in [5.41, 5.74) is 1.13. The van der Waals surface area contributed by atoms with Gasteiger partial charge in [0.25, 0.3) is 0 Å². The van der Waals surface area contributed by atoms with Gasteiger partial charge in [-0.15, -0.1) is 11.3 Å². The standard InChI is InChI=1S/C15H16FN3S/c1-3-19-9-11(8-18-19)15(17-2)14-6-10-4-5-12(16)7-13(10)20-14/h4-9,15,17H,3H2,1-2H3. The van der Waals surface area contributed by atoms with E-state index in [1.54, 1.807) is 17.4 Å². The van der Waals surface area contributed by atoms with Crippen LogP contribution in [0.4, 0.5) is 4.39 Å². The second kappa shape index (κ2) is 5.34. The third-order valence-electron chi connectivity index (χ3n) is 3.38. The second-order valence-corrected chi connectivity index (χ2v) is 5.80. The van der Waals surface area contributed by atoms with Crippen LogP contribution in [0.5, 0.6) is 0 Å². The van der Waals surface area contributed by atoms with Gasteiger partial charge >= 0.3 is 0 Å². The maximum atomic E-state index is 13.3. The molecule has 1 aromatic carbocycles. The number of nitrogens with one attached hydrogen (secondary N) is 1. The van der Waals surface area contributed by atoms with Gasteiger partial charge in [0.15, 0.2) is 0 Å². The molecule has 104 valence electrons. The molecule has 5 heteroatoms. The van der Waals surface area contributed by atoms with Crippen LogP contribution in [0, 0.1) is 5.82 Å². The Labute approximate surface area is 121 Å². The fourth-order valence-electron chi connectivity index (χ4n) is 2.34. The number of rotatable bonds is 4. The lowest BCUT2D eigenvalue weighted by Crippen LogP contribution is -2.15. The lowest BCUT2D eigenvalue weighted by Gasteiger charge is -2.11. The minimum Gasteiger partial charge on any atom is -0.309 e. The van der Waals surface area contributed by atoms with E-state index in [1.807, 2.05) is 30.2 Å². The van der Waals surface area contributed by atoms with Gasteiger partial charge in [0, 0.05) is 27.9 Å². The van der Waals surface area contributed by atoms with Crippen molar-refractivity contribution in [3.63, 3.8) is 0 Å². The number of aromatic nitrogens is 2. The molecule has 0 amide bonds. The third-order valence-corrected chi connectivity index (χ3v) is 4.55. The Morgan fingerprint density at radius 3 is 2.95 bits per heavy atom. The molecule has 3 rings (SSSR count). The number of nitrogens with zero attached hydrogens (tertiary/aromatic N) is 2. The summed E-state index contributed by atoms with van der Waals surface area (Å²) in [6.07, 6.45) is 3.93. The molecule has 0 saturated carbocycles. The van der Waals surface area contributed by atoms with Gasteiger partial charge in [-0.25, -0.2) is 4.39 Å². The van der Waals surface area contributed by atoms with E-state index in [-0.39, 0.29) is 11.9 Å². The first-order valence-electron chi connectivity index (χ1n) is 6.60. The number of benzene rings is 1. The van der Waals surface area contributed by atoms with E-state index < -0.39 is 0 Å². The van der Waals surface area contributed by atoms with Crippen LogP contribution in [0.2, 0.25) is 0 Å². The van der Waals surface area contributed by atoms with E-state index in [4.69, 9.17) is 0 Å². The Hall–Kier alpha value is -1.72. The Bertz CT molecular complexity index is 732. The summed E-state index contributed by atoms with van der Waals surface area (Å²) < 4.78 is 16.2. The molecule has 2 heterocycles. The minimum absolute atomic E-state index is 0.0933. The molecule has 0 fully saturated rings. The van der Waals surface area contributed by atoms with Crippen molar-refractivity contribution in [3.05, 3.63) is 52.9 Å². The molecule has 0 radical (unpaired) electrons. The first-order valence-corrected chi connectivity index (χ1v) is 7.41.